The van der Waals surface area contributed by atoms with Gasteiger partial charge in [-0.25, -0.2) is 0 Å². The van der Waals surface area contributed by atoms with Crippen molar-refractivity contribution < 1.29 is 19.4 Å². The monoisotopic (exact) mass is 345 g/mol. The minimum absolute atomic E-state index is 0.0883. The molecule has 0 radical (unpaired) electrons. The highest BCUT2D eigenvalue weighted by molar-refractivity contribution is 5.94. The SMILES string of the molecule is Cc1cc(NC(=O)COc2ccc([N+](=O)[O-])cc2)c([N+](=O)[O-])cc1C. The molecule has 130 valence electrons. The van der Waals surface area contributed by atoms with E-state index in [1.807, 2.05) is 0 Å². The number of nitro groups is 2. The van der Waals surface area contributed by atoms with Gasteiger partial charge in [0.05, 0.1) is 9.85 Å². The van der Waals surface area contributed by atoms with Crippen molar-refractivity contribution in [3.05, 3.63) is 67.8 Å². The molecular weight excluding hydrogens is 330 g/mol. The quantitative estimate of drug-likeness (QED) is 0.633. The number of anilines is 1. The Bertz CT molecular complexity index is 833. The van der Waals surface area contributed by atoms with Gasteiger partial charge in [-0.3, -0.25) is 25.0 Å². The summed E-state index contributed by atoms with van der Waals surface area (Å²) in [5.74, 6) is -0.306. The van der Waals surface area contributed by atoms with Gasteiger partial charge in [0, 0.05) is 18.2 Å². The number of aryl methyl sites for hydroxylation is 2. The number of nitrogens with one attached hydrogen (secondary N) is 1. The molecule has 0 aromatic heterocycles. The van der Waals surface area contributed by atoms with Crippen molar-refractivity contribution in [2.45, 2.75) is 13.8 Å². The van der Waals surface area contributed by atoms with Crippen LogP contribution in [0.1, 0.15) is 11.1 Å². The molecule has 0 saturated heterocycles. The van der Waals surface area contributed by atoms with Gasteiger partial charge < -0.3 is 10.1 Å². The van der Waals surface area contributed by atoms with Crippen molar-refractivity contribution in [3.63, 3.8) is 0 Å². The zero-order valence-corrected chi connectivity index (χ0v) is 13.5. The number of carbonyl (C=O) groups is 1. The van der Waals surface area contributed by atoms with Crippen LogP contribution >= 0.6 is 0 Å². The fourth-order valence-electron chi connectivity index (χ4n) is 2.05. The molecule has 0 aliphatic carbocycles. The first kappa shape index (κ1) is 17.9. The number of nitro benzene ring substituents is 2. The molecule has 0 heterocycles. The van der Waals surface area contributed by atoms with Gasteiger partial charge in [-0.1, -0.05) is 0 Å². The Morgan fingerprint density at radius 3 is 2.20 bits per heavy atom. The summed E-state index contributed by atoms with van der Waals surface area (Å²) in [4.78, 5) is 32.5. The van der Waals surface area contributed by atoms with Gasteiger partial charge >= 0.3 is 0 Å². The van der Waals surface area contributed by atoms with E-state index in [2.05, 4.69) is 5.32 Å². The van der Waals surface area contributed by atoms with Crippen LogP contribution in [0.15, 0.2) is 36.4 Å². The van der Waals surface area contributed by atoms with Crippen LogP contribution in [-0.4, -0.2) is 22.4 Å². The maximum atomic E-state index is 12.0. The first-order chi connectivity index (χ1) is 11.8. The molecule has 1 N–H and O–H groups in total. The van der Waals surface area contributed by atoms with E-state index < -0.39 is 15.8 Å². The van der Waals surface area contributed by atoms with Crippen molar-refractivity contribution in [1.82, 2.24) is 0 Å². The lowest BCUT2D eigenvalue weighted by atomic mass is 10.1. The van der Waals surface area contributed by atoms with Gasteiger partial charge in [0.25, 0.3) is 17.3 Å². The Labute approximate surface area is 142 Å². The van der Waals surface area contributed by atoms with Crippen LogP contribution in [0, 0.1) is 34.1 Å². The lowest BCUT2D eigenvalue weighted by Crippen LogP contribution is -2.21. The van der Waals surface area contributed by atoms with E-state index in [-0.39, 0.29) is 29.4 Å². The van der Waals surface area contributed by atoms with Crippen LogP contribution in [0.3, 0.4) is 0 Å². The Balaban J connectivity index is 2.04. The average Bonchev–Trinajstić information content (AvgIpc) is 2.56. The van der Waals surface area contributed by atoms with Crippen molar-refractivity contribution in [3.8, 4) is 5.75 Å². The molecule has 0 atom stereocenters. The third kappa shape index (κ3) is 4.50. The predicted molar refractivity (Wildman–Crippen MR) is 89.8 cm³/mol. The molecule has 2 aromatic carbocycles. The highest BCUT2D eigenvalue weighted by atomic mass is 16.6. The molecule has 0 aliphatic rings. The molecule has 0 saturated carbocycles. The number of ether oxygens (including phenoxy) is 1. The Hall–Kier alpha value is -3.49. The number of hydrogen-bond acceptors (Lipinski definition) is 6. The van der Waals surface area contributed by atoms with Gasteiger partial charge in [-0.2, -0.15) is 0 Å². The van der Waals surface area contributed by atoms with Crippen molar-refractivity contribution in [1.29, 1.82) is 0 Å². The van der Waals surface area contributed by atoms with Crippen molar-refractivity contribution in [2.75, 3.05) is 11.9 Å². The number of benzene rings is 2. The first-order valence-corrected chi connectivity index (χ1v) is 7.20. The zero-order valence-electron chi connectivity index (χ0n) is 13.5. The van der Waals surface area contributed by atoms with Crippen molar-refractivity contribution >= 4 is 23.0 Å². The lowest BCUT2D eigenvalue weighted by Gasteiger charge is -2.10. The first-order valence-electron chi connectivity index (χ1n) is 7.20. The number of carbonyl (C=O) groups excluding carboxylic acids is 1. The van der Waals surface area contributed by atoms with Gasteiger partial charge in [0.15, 0.2) is 6.61 Å². The molecule has 9 heteroatoms. The zero-order chi connectivity index (χ0) is 18.6. The molecular formula is C16H15N3O6. The number of non-ortho nitro benzene ring substituents is 1. The summed E-state index contributed by atoms with van der Waals surface area (Å²) in [6, 6.07) is 8.15. The van der Waals surface area contributed by atoms with Gasteiger partial charge in [0.2, 0.25) is 0 Å². The fourth-order valence-corrected chi connectivity index (χ4v) is 2.05. The molecule has 0 unspecified atom stereocenters. The van der Waals surface area contributed by atoms with Crippen LogP contribution in [0.5, 0.6) is 5.75 Å². The summed E-state index contributed by atoms with van der Waals surface area (Å²) < 4.78 is 5.22. The summed E-state index contributed by atoms with van der Waals surface area (Å²) in [6.07, 6.45) is 0. The van der Waals surface area contributed by atoms with Gasteiger partial charge in [-0.05, 0) is 43.2 Å². The standard InChI is InChI=1S/C16H15N3O6/c1-10-7-14(15(19(23)24)8-11(10)2)17-16(20)9-25-13-5-3-12(4-6-13)18(21)22/h3-8H,9H2,1-2H3,(H,17,20). The smallest absolute Gasteiger partial charge is 0.293 e. The second-order valence-electron chi connectivity index (χ2n) is 5.30. The summed E-state index contributed by atoms with van der Waals surface area (Å²) in [5.41, 5.74) is 1.34. The second-order valence-corrected chi connectivity index (χ2v) is 5.30. The molecule has 9 nitrogen and oxygen atoms in total. The Morgan fingerprint density at radius 1 is 1.04 bits per heavy atom. The third-order valence-electron chi connectivity index (χ3n) is 3.50. The van der Waals surface area contributed by atoms with Crippen LogP contribution in [0.2, 0.25) is 0 Å². The Kier molecular flexibility index (Phi) is 5.28. The predicted octanol–water partition coefficient (Wildman–Crippen LogP) is 3.14. The molecule has 2 aromatic rings. The highest BCUT2D eigenvalue weighted by Crippen LogP contribution is 2.28. The summed E-state index contributed by atoms with van der Waals surface area (Å²) in [6.45, 7) is 3.13. The van der Waals surface area contributed by atoms with Crippen LogP contribution in [-0.2, 0) is 4.79 Å². The fraction of sp³-hybridized carbons (Fsp3) is 0.188. The summed E-state index contributed by atoms with van der Waals surface area (Å²) >= 11 is 0. The van der Waals surface area contributed by atoms with Crippen LogP contribution in [0.4, 0.5) is 17.1 Å². The molecule has 0 fully saturated rings. The average molecular weight is 345 g/mol. The topological polar surface area (TPSA) is 125 Å². The maximum absolute atomic E-state index is 12.0. The highest BCUT2D eigenvalue weighted by Gasteiger charge is 2.18. The third-order valence-corrected chi connectivity index (χ3v) is 3.50. The number of amides is 1. The van der Waals surface area contributed by atoms with E-state index in [0.717, 1.165) is 11.1 Å². The molecule has 25 heavy (non-hydrogen) atoms. The molecule has 0 aliphatic heterocycles. The van der Waals surface area contributed by atoms with E-state index in [4.69, 9.17) is 4.74 Å². The largest absolute Gasteiger partial charge is 0.484 e. The summed E-state index contributed by atoms with van der Waals surface area (Å²) in [7, 11) is 0. The Morgan fingerprint density at radius 2 is 1.64 bits per heavy atom. The minimum Gasteiger partial charge on any atom is -0.484 e. The summed E-state index contributed by atoms with van der Waals surface area (Å²) in [5, 5.41) is 24.1. The van der Waals surface area contributed by atoms with Gasteiger partial charge in [0.1, 0.15) is 11.4 Å². The maximum Gasteiger partial charge on any atom is 0.293 e. The molecule has 1 amide bonds. The number of rotatable bonds is 6. The van der Waals surface area contributed by atoms with E-state index in [1.165, 1.54) is 36.4 Å². The van der Waals surface area contributed by atoms with E-state index in [1.54, 1.807) is 13.8 Å². The van der Waals surface area contributed by atoms with E-state index >= 15 is 0 Å². The van der Waals surface area contributed by atoms with Crippen LogP contribution < -0.4 is 10.1 Å². The van der Waals surface area contributed by atoms with Crippen molar-refractivity contribution in [2.24, 2.45) is 0 Å². The lowest BCUT2D eigenvalue weighted by molar-refractivity contribution is -0.384. The normalized spacial score (nSPS) is 10.2. The number of hydrogen-bond donors (Lipinski definition) is 1. The second kappa shape index (κ2) is 7.39. The number of nitrogens with zero attached hydrogens (tertiary/aromatic N) is 2. The van der Waals surface area contributed by atoms with Gasteiger partial charge in [-0.15, -0.1) is 0 Å². The van der Waals surface area contributed by atoms with E-state index in [9.17, 15) is 25.0 Å². The molecule has 0 bridgehead atoms. The van der Waals surface area contributed by atoms with Crippen LogP contribution in [0.25, 0.3) is 0 Å². The molecule has 2 rings (SSSR count). The molecule has 0 spiro atoms. The van der Waals surface area contributed by atoms with E-state index in [0.29, 0.717) is 0 Å². The minimum atomic E-state index is -0.579.